The van der Waals surface area contributed by atoms with E-state index in [1.165, 1.54) is 6.42 Å². The van der Waals surface area contributed by atoms with Crippen LogP contribution in [0, 0.1) is 0 Å². The van der Waals surface area contributed by atoms with Gasteiger partial charge in [0, 0.05) is 11.6 Å². The van der Waals surface area contributed by atoms with Crippen LogP contribution in [0.4, 0.5) is 0 Å². The average molecular weight is 207 g/mol. The van der Waals surface area contributed by atoms with Gasteiger partial charge >= 0.3 is 0 Å². The van der Waals surface area contributed by atoms with Crippen molar-refractivity contribution in [3.05, 3.63) is 29.8 Å². The molecule has 1 aliphatic rings. The van der Waals surface area contributed by atoms with Gasteiger partial charge in [0.05, 0.1) is 6.10 Å². The number of rotatable bonds is 2. The molecule has 1 aromatic carbocycles. The Morgan fingerprint density at radius 3 is 2.73 bits per heavy atom. The Balaban J connectivity index is 2.12. The van der Waals surface area contributed by atoms with Gasteiger partial charge in [0.25, 0.3) is 0 Å². The molecule has 0 bridgehead atoms. The summed E-state index contributed by atoms with van der Waals surface area (Å²) in [5, 5.41) is 23.0. The summed E-state index contributed by atoms with van der Waals surface area (Å²) in [5.74, 6) is 0.178. The normalized spacial score (nSPS) is 23.7. The Morgan fingerprint density at radius 2 is 2.07 bits per heavy atom. The van der Waals surface area contributed by atoms with E-state index >= 15 is 0 Å². The monoisotopic (exact) mass is 207 g/mol. The van der Waals surface area contributed by atoms with E-state index in [0.29, 0.717) is 5.56 Å². The first-order valence-electron chi connectivity index (χ1n) is 5.48. The first-order valence-corrected chi connectivity index (χ1v) is 5.48. The third-order valence-electron chi connectivity index (χ3n) is 2.98. The minimum absolute atomic E-state index is 0.0760. The van der Waals surface area contributed by atoms with E-state index in [0.717, 1.165) is 19.4 Å². The minimum Gasteiger partial charge on any atom is -0.508 e. The van der Waals surface area contributed by atoms with Crippen LogP contribution in [0.15, 0.2) is 24.3 Å². The quantitative estimate of drug-likeness (QED) is 0.690. The average Bonchev–Trinajstić information content (AvgIpc) is 2.30. The van der Waals surface area contributed by atoms with Crippen molar-refractivity contribution in [3.8, 4) is 5.75 Å². The maximum atomic E-state index is 10.1. The number of nitrogens with one attached hydrogen (secondary N) is 1. The fourth-order valence-corrected chi connectivity index (χ4v) is 2.10. The number of aliphatic hydroxyl groups excluding tert-OH is 1. The van der Waals surface area contributed by atoms with Crippen LogP contribution in [-0.4, -0.2) is 22.8 Å². The van der Waals surface area contributed by atoms with Gasteiger partial charge in [0.1, 0.15) is 5.75 Å². The zero-order chi connectivity index (χ0) is 10.7. The molecule has 0 aliphatic carbocycles. The molecule has 0 radical (unpaired) electrons. The lowest BCUT2D eigenvalue weighted by Crippen LogP contribution is -2.38. The molecule has 1 saturated heterocycles. The van der Waals surface area contributed by atoms with Crippen LogP contribution in [0.5, 0.6) is 5.75 Å². The second-order valence-corrected chi connectivity index (χ2v) is 4.06. The molecule has 2 atom stereocenters. The number of aromatic hydroxyl groups is 1. The van der Waals surface area contributed by atoms with E-state index in [1.807, 2.05) is 6.07 Å². The predicted octanol–water partition coefficient (Wildman–Crippen LogP) is 1.57. The summed E-state index contributed by atoms with van der Waals surface area (Å²) in [4.78, 5) is 0. The van der Waals surface area contributed by atoms with Gasteiger partial charge in [-0.2, -0.15) is 0 Å². The highest BCUT2D eigenvalue weighted by atomic mass is 16.3. The first kappa shape index (κ1) is 10.5. The van der Waals surface area contributed by atoms with Gasteiger partial charge in [0.15, 0.2) is 0 Å². The molecule has 1 heterocycles. The van der Waals surface area contributed by atoms with Crippen molar-refractivity contribution in [3.63, 3.8) is 0 Å². The Labute approximate surface area is 89.8 Å². The lowest BCUT2D eigenvalue weighted by atomic mass is 9.94. The molecule has 3 nitrogen and oxygen atoms in total. The largest absolute Gasteiger partial charge is 0.508 e. The zero-order valence-corrected chi connectivity index (χ0v) is 8.69. The Kier molecular flexibility index (Phi) is 3.23. The van der Waals surface area contributed by atoms with E-state index in [-0.39, 0.29) is 11.8 Å². The molecular formula is C12H17NO2. The first-order chi connectivity index (χ1) is 7.29. The molecule has 1 fully saturated rings. The summed E-state index contributed by atoms with van der Waals surface area (Å²) in [6.07, 6.45) is 2.67. The topological polar surface area (TPSA) is 52.5 Å². The van der Waals surface area contributed by atoms with Gasteiger partial charge in [-0.05, 0) is 25.5 Å². The van der Waals surface area contributed by atoms with Crippen LogP contribution in [0.25, 0.3) is 0 Å². The van der Waals surface area contributed by atoms with Crippen LogP contribution in [0.1, 0.15) is 30.9 Å². The van der Waals surface area contributed by atoms with Crippen LogP contribution >= 0.6 is 0 Å². The van der Waals surface area contributed by atoms with Crippen molar-refractivity contribution in [2.24, 2.45) is 0 Å². The van der Waals surface area contributed by atoms with E-state index < -0.39 is 6.10 Å². The summed E-state index contributed by atoms with van der Waals surface area (Å²) in [5.41, 5.74) is 0.622. The maximum Gasteiger partial charge on any atom is 0.121 e. The Morgan fingerprint density at radius 1 is 1.27 bits per heavy atom. The number of hydrogen-bond donors (Lipinski definition) is 3. The highest BCUT2D eigenvalue weighted by Gasteiger charge is 2.24. The molecule has 2 unspecified atom stereocenters. The maximum absolute atomic E-state index is 10.1. The van der Waals surface area contributed by atoms with Gasteiger partial charge < -0.3 is 15.5 Å². The number of benzene rings is 1. The SMILES string of the molecule is Oc1ccccc1C(O)C1CCCCN1. The van der Waals surface area contributed by atoms with Crippen molar-refractivity contribution in [1.82, 2.24) is 5.32 Å². The number of phenols is 1. The highest BCUT2D eigenvalue weighted by Crippen LogP contribution is 2.28. The molecule has 15 heavy (non-hydrogen) atoms. The Hall–Kier alpha value is -1.06. The molecule has 1 aromatic rings. The number of piperidine rings is 1. The number of aliphatic hydroxyl groups is 1. The lowest BCUT2D eigenvalue weighted by molar-refractivity contribution is 0.111. The molecule has 2 rings (SSSR count). The summed E-state index contributed by atoms with van der Waals surface area (Å²) in [6.45, 7) is 0.954. The second-order valence-electron chi connectivity index (χ2n) is 4.06. The summed E-state index contributed by atoms with van der Waals surface area (Å²) in [6, 6.07) is 7.06. The number of para-hydroxylation sites is 1. The van der Waals surface area contributed by atoms with Crippen molar-refractivity contribution < 1.29 is 10.2 Å². The van der Waals surface area contributed by atoms with Gasteiger partial charge in [-0.1, -0.05) is 24.6 Å². The third kappa shape index (κ3) is 2.30. The van der Waals surface area contributed by atoms with E-state index in [1.54, 1.807) is 18.2 Å². The standard InChI is InChI=1S/C12H17NO2/c14-11-7-2-1-5-9(11)12(15)10-6-3-4-8-13-10/h1-2,5,7,10,12-15H,3-4,6,8H2. The van der Waals surface area contributed by atoms with Crippen LogP contribution in [0.3, 0.4) is 0 Å². The molecule has 0 amide bonds. The minimum atomic E-state index is -0.605. The molecule has 0 aromatic heterocycles. The smallest absolute Gasteiger partial charge is 0.121 e. The van der Waals surface area contributed by atoms with E-state index in [9.17, 15) is 10.2 Å². The molecule has 82 valence electrons. The van der Waals surface area contributed by atoms with Crippen LogP contribution in [0.2, 0.25) is 0 Å². The van der Waals surface area contributed by atoms with Gasteiger partial charge in [0.2, 0.25) is 0 Å². The Bertz CT molecular complexity index is 321. The predicted molar refractivity (Wildman–Crippen MR) is 58.7 cm³/mol. The fourth-order valence-electron chi connectivity index (χ4n) is 2.10. The van der Waals surface area contributed by atoms with E-state index in [2.05, 4.69) is 5.32 Å². The summed E-state index contributed by atoms with van der Waals surface area (Å²) in [7, 11) is 0. The van der Waals surface area contributed by atoms with E-state index in [4.69, 9.17) is 0 Å². The molecular weight excluding hydrogens is 190 g/mol. The van der Waals surface area contributed by atoms with Crippen molar-refractivity contribution in [2.75, 3.05) is 6.54 Å². The number of hydrogen-bond acceptors (Lipinski definition) is 3. The third-order valence-corrected chi connectivity index (χ3v) is 2.98. The zero-order valence-electron chi connectivity index (χ0n) is 8.69. The fraction of sp³-hybridized carbons (Fsp3) is 0.500. The second kappa shape index (κ2) is 4.64. The molecule has 3 heteroatoms. The number of phenolic OH excluding ortho intramolecular Hbond substituents is 1. The molecule has 1 aliphatic heterocycles. The molecule has 0 saturated carbocycles. The van der Waals surface area contributed by atoms with Gasteiger partial charge in [-0.3, -0.25) is 0 Å². The molecule has 0 spiro atoms. The lowest BCUT2D eigenvalue weighted by Gasteiger charge is -2.28. The molecule has 3 N–H and O–H groups in total. The van der Waals surface area contributed by atoms with Gasteiger partial charge in [-0.25, -0.2) is 0 Å². The van der Waals surface area contributed by atoms with Crippen molar-refractivity contribution in [1.29, 1.82) is 0 Å². The van der Waals surface area contributed by atoms with Crippen molar-refractivity contribution in [2.45, 2.75) is 31.4 Å². The van der Waals surface area contributed by atoms with Crippen molar-refractivity contribution >= 4 is 0 Å². The van der Waals surface area contributed by atoms with Crippen LogP contribution < -0.4 is 5.32 Å². The highest BCUT2D eigenvalue weighted by molar-refractivity contribution is 5.34. The van der Waals surface area contributed by atoms with Gasteiger partial charge in [-0.15, -0.1) is 0 Å². The summed E-state index contributed by atoms with van der Waals surface area (Å²) >= 11 is 0. The van der Waals surface area contributed by atoms with Crippen LogP contribution in [-0.2, 0) is 0 Å². The summed E-state index contributed by atoms with van der Waals surface area (Å²) < 4.78 is 0.